The number of amides is 2. The molecule has 1 aromatic carbocycles. The van der Waals surface area contributed by atoms with Crippen LogP contribution in [0.2, 0.25) is 0 Å². The lowest BCUT2D eigenvalue weighted by atomic mass is 10.0. The van der Waals surface area contributed by atoms with Crippen LogP contribution in [0.3, 0.4) is 0 Å². The third-order valence-electron chi connectivity index (χ3n) is 3.89. The maximum Gasteiger partial charge on any atom is 0.287 e. The molecule has 132 valence electrons. The standard InChI is InChI=1S/C19H22N2O4/c1-13-5-6-15(12-14(13)2)16(22)7-8-18(23)20-9-10-21-19(24)17-4-3-11-25-17/h3-6,11-12H,7-10H2,1-2H3,(H,20,23)(H,21,24). The van der Waals surface area contributed by atoms with Crippen molar-refractivity contribution in [1.29, 1.82) is 0 Å². The second-order valence-corrected chi connectivity index (χ2v) is 5.81. The predicted octanol–water partition coefficient (Wildman–Crippen LogP) is 2.41. The first-order valence-electron chi connectivity index (χ1n) is 8.16. The number of Topliss-reactive ketones (excluding diaryl/α,β-unsaturated/α-hetero) is 1. The van der Waals surface area contributed by atoms with Gasteiger partial charge in [0.1, 0.15) is 0 Å². The summed E-state index contributed by atoms with van der Waals surface area (Å²) in [6.07, 6.45) is 1.70. The van der Waals surface area contributed by atoms with Crippen LogP contribution in [-0.2, 0) is 4.79 Å². The third-order valence-corrected chi connectivity index (χ3v) is 3.89. The van der Waals surface area contributed by atoms with Crippen LogP contribution >= 0.6 is 0 Å². The van der Waals surface area contributed by atoms with Crippen molar-refractivity contribution in [3.05, 3.63) is 59.0 Å². The number of aryl methyl sites for hydroxylation is 2. The Kier molecular flexibility index (Phi) is 6.51. The molecule has 2 rings (SSSR count). The summed E-state index contributed by atoms with van der Waals surface area (Å²) in [7, 11) is 0. The van der Waals surface area contributed by atoms with E-state index >= 15 is 0 Å². The van der Waals surface area contributed by atoms with Crippen LogP contribution < -0.4 is 10.6 Å². The number of hydrogen-bond donors (Lipinski definition) is 2. The van der Waals surface area contributed by atoms with Crippen molar-refractivity contribution < 1.29 is 18.8 Å². The summed E-state index contributed by atoms with van der Waals surface area (Å²) in [5.41, 5.74) is 2.81. The van der Waals surface area contributed by atoms with Gasteiger partial charge in [-0.15, -0.1) is 0 Å². The minimum atomic E-state index is -0.329. The van der Waals surface area contributed by atoms with Gasteiger partial charge in [0, 0.05) is 31.5 Å². The summed E-state index contributed by atoms with van der Waals surface area (Å²) < 4.78 is 4.96. The number of benzene rings is 1. The van der Waals surface area contributed by atoms with E-state index in [9.17, 15) is 14.4 Å². The Labute approximate surface area is 146 Å². The van der Waals surface area contributed by atoms with Crippen molar-refractivity contribution in [1.82, 2.24) is 10.6 Å². The molecule has 0 aliphatic rings. The van der Waals surface area contributed by atoms with Gasteiger partial charge in [0.25, 0.3) is 5.91 Å². The van der Waals surface area contributed by atoms with E-state index in [4.69, 9.17) is 4.42 Å². The van der Waals surface area contributed by atoms with Gasteiger partial charge in [0.05, 0.1) is 6.26 Å². The van der Waals surface area contributed by atoms with E-state index in [-0.39, 0.29) is 42.7 Å². The van der Waals surface area contributed by atoms with E-state index in [1.54, 1.807) is 18.2 Å². The Morgan fingerprint density at radius 2 is 1.72 bits per heavy atom. The predicted molar refractivity (Wildman–Crippen MR) is 93.5 cm³/mol. The molecule has 2 aromatic rings. The summed E-state index contributed by atoms with van der Waals surface area (Å²) in [5.74, 6) is -0.372. The minimum Gasteiger partial charge on any atom is -0.459 e. The van der Waals surface area contributed by atoms with Gasteiger partial charge < -0.3 is 15.1 Å². The maximum atomic E-state index is 12.1. The molecule has 0 spiro atoms. The van der Waals surface area contributed by atoms with Gasteiger partial charge in [0.2, 0.25) is 5.91 Å². The van der Waals surface area contributed by atoms with Crippen molar-refractivity contribution in [2.24, 2.45) is 0 Å². The Bertz CT molecular complexity index is 751. The molecule has 2 N–H and O–H groups in total. The SMILES string of the molecule is Cc1ccc(C(=O)CCC(=O)NCCNC(=O)c2ccco2)cc1C. The Morgan fingerprint density at radius 1 is 0.960 bits per heavy atom. The molecule has 0 aliphatic carbocycles. The van der Waals surface area contributed by atoms with Gasteiger partial charge in [-0.05, 0) is 43.2 Å². The van der Waals surface area contributed by atoms with Crippen LogP contribution in [-0.4, -0.2) is 30.7 Å². The Hall–Kier alpha value is -2.89. The molecule has 0 bridgehead atoms. The summed E-state index contributed by atoms with van der Waals surface area (Å²) >= 11 is 0. The van der Waals surface area contributed by atoms with Gasteiger partial charge in [0.15, 0.2) is 11.5 Å². The third kappa shape index (κ3) is 5.60. The summed E-state index contributed by atoms with van der Waals surface area (Å²) in [5, 5.41) is 5.30. The van der Waals surface area contributed by atoms with Gasteiger partial charge in [-0.1, -0.05) is 12.1 Å². The topological polar surface area (TPSA) is 88.4 Å². The first kappa shape index (κ1) is 18.4. The maximum absolute atomic E-state index is 12.1. The summed E-state index contributed by atoms with van der Waals surface area (Å²) in [6, 6.07) is 8.73. The largest absolute Gasteiger partial charge is 0.459 e. The average Bonchev–Trinajstić information content (AvgIpc) is 3.13. The highest BCUT2D eigenvalue weighted by atomic mass is 16.3. The molecule has 2 amide bonds. The van der Waals surface area contributed by atoms with E-state index in [1.165, 1.54) is 6.26 Å². The lowest BCUT2D eigenvalue weighted by Gasteiger charge is -2.07. The molecule has 0 atom stereocenters. The number of carbonyl (C=O) groups is 3. The van der Waals surface area contributed by atoms with Crippen LogP contribution in [0.15, 0.2) is 41.0 Å². The molecule has 1 aromatic heterocycles. The molecule has 1 heterocycles. The Balaban J connectivity index is 1.65. The first-order valence-corrected chi connectivity index (χ1v) is 8.16. The van der Waals surface area contributed by atoms with Crippen molar-refractivity contribution >= 4 is 17.6 Å². The van der Waals surface area contributed by atoms with E-state index < -0.39 is 0 Å². The molecule has 6 nitrogen and oxygen atoms in total. The molecule has 25 heavy (non-hydrogen) atoms. The van der Waals surface area contributed by atoms with Crippen LogP contribution in [0.4, 0.5) is 0 Å². The number of carbonyl (C=O) groups excluding carboxylic acids is 3. The minimum absolute atomic E-state index is 0.0515. The van der Waals surface area contributed by atoms with Crippen LogP contribution in [0.25, 0.3) is 0 Å². The summed E-state index contributed by atoms with van der Waals surface area (Å²) in [6.45, 7) is 4.52. The fourth-order valence-electron chi connectivity index (χ4n) is 2.25. The highest BCUT2D eigenvalue weighted by Gasteiger charge is 2.11. The molecule has 0 unspecified atom stereocenters. The normalized spacial score (nSPS) is 10.3. The second-order valence-electron chi connectivity index (χ2n) is 5.81. The van der Waals surface area contributed by atoms with E-state index in [0.29, 0.717) is 12.1 Å². The molecule has 0 fully saturated rings. The highest BCUT2D eigenvalue weighted by molar-refractivity contribution is 5.98. The highest BCUT2D eigenvalue weighted by Crippen LogP contribution is 2.12. The smallest absolute Gasteiger partial charge is 0.287 e. The van der Waals surface area contributed by atoms with Crippen molar-refractivity contribution in [2.75, 3.05) is 13.1 Å². The van der Waals surface area contributed by atoms with Crippen molar-refractivity contribution in [2.45, 2.75) is 26.7 Å². The molecule has 0 radical (unpaired) electrons. The molecule has 0 saturated carbocycles. The Morgan fingerprint density at radius 3 is 2.40 bits per heavy atom. The number of furan rings is 1. The first-order chi connectivity index (χ1) is 12.0. The number of hydrogen-bond acceptors (Lipinski definition) is 4. The lowest BCUT2D eigenvalue weighted by molar-refractivity contribution is -0.121. The van der Waals surface area contributed by atoms with E-state index in [1.807, 2.05) is 26.0 Å². The van der Waals surface area contributed by atoms with Gasteiger partial charge in [-0.25, -0.2) is 0 Å². The fraction of sp³-hybridized carbons (Fsp3) is 0.316. The second kappa shape index (κ2) is 8.82. The van der Waals surface area contributed by atoms with Crippen molar-refractivity contribution in [3.8, 4) is 0 Å². The van der Waals surface area contributed by atoms with Gasteiger partial charge >= 0.3 is 0 Å². The van der Waals surface area contributed by atoms with Crippen LogP contribution in [0.1, 0.15) is 44.9 Å². The van der Waals surface area contributed by atoms with Crippen molar-refractivity contribution in [3.63, 3.8) is 0 Å². The van der Waals surface area contributed by atoms with E-state index in [0.717, 1.165) is 11.1 Å². The monoisotopic (exact) mass is 342 g/mol. The lowest BCUT2D eigenvalue weighted by Crippen LogP contribution is -2.34. The molecule has 0 aliphatic heterocycles. The molecular formula is C19H22N2O4. The summed E-state index contributed by atoms with van der Waals surface area (Å²) in [4.78, 5) is 35.5. The van der Waals surface area contributed by atoms with E-state index in [2.05, 4.69) is 10.6 Å². The number of ketones is 1. The zero-order valence-electron chi connectivity index (χ0n) is 14.4. The molecular weight excluding hydrogens is 320 g/mol. The zero-order valence-corrected chi connectivity index (χ0v) is 14.4. The van der Waals surface area contributed by atoms with Gasteiger partial charge in [-0.2, -0.15) is 0 Å². The van der Waals surface area contributed by atoms with Crippen LogP contribution in [0.5, 0.6) is 0 Å². The van der Waals surface area contributed by atoms with Gasteiger partial charge in [-0.3, -0.25) is 14.4 Å². The average molecular weight is 342 g/mol. The molecule has 6 heteroatoms. The molecule has 0 saturated heterocycles. The van der Waals surface area contributed by atoms with Crippen LogP contribution in [0, 0.1) is 13.8 Å². The fourth-order valence-corrected chi connectivity index (χ4v) is 2.25. The number of nitrogens with one attached hydrogen (secondary N) is 2. The number of rotatable bonds is 8. The quantitative estimate of drug-likeness (QED) is 0.569. The zero-order chi connectivity index (χ0) is 18.2.